The summed E-state index contributed by atoms with van der Waals surface area (Å²) >= 11 is 0. The molecule has 2 atom stereocenters. The minimum atomic E-state index is -2.72. The van der Waals surface area contributed by atoms with Crippen molar-refractivity contribution in [1.82, 2.24) is 5.32 Å². The monoisotopic (exact) mass is 267 g/mol. The Balaban J connectivity index is 2.15. The van der Waals surface area contributed by atoms with Crippen molar-refractivity contribution in [2.24, 2.45) is 5.92 Å². The summed E-state index contributed by atoms with van der Waals surface area (Å²) in [4.78, 5) is 0. The molecule has 1 nitrogen and oxygen atoms in total. The highest BCUT2D eigenvalue weighted by Crippen LogP contribution is 2.39. The van der Waals surface area contributed by atoms with Crippen molar-refractivity contribution >= 4 is 0 Å². The molecule has 0 radical (unpaired) electrons. The molecule has 1 saturated heterocycles. The fourth-order valence-electron chi connectivity index (χ4n) is 2.67. The Kier molecular flexibility index (Phi) is 4.56. The second-order valence-electron chi connectivity index (χ2n) is 5.60. The van der Waals surface area contributed by atoms with Crippen LogP contribution in [0.25, 0.3) is 0 Å². The average molecular weight is 267 g/mol. The number of alkyl halides is 2. The minimum Gasteiger partial charge on any atom is -0.316 e. The molecule has 1 aromatic rings. The summed E-state index contributed by atoms with van der Waals surface area (Å²) in [7, 11) is 0. The van der Waals surface area contributed by atoms with Gasteiger partial charge < -0.3 is 5.32 Å². The molecule has 0 amide bonds. The SMILES string of the molecule is CCC(C)c1ccc(C(F)(F)C2CCCNC2)cc1. The molecule has 1 heterocycles. The van der Waals surface area contributed by atoms with Crippen molar-refractivity contribution in [3.63, 3.8) is 0 Å². The van der Waals surface area contributed by atoms with Gasteiger partial charge in [0.2, 0.25) is 0 Å². The molecule has 0 bridgehead atoms. The Morgan fingerprint density at radius 1 is 1.32 bits per heavy atom. The van der Waals surface area contributed by atoms with Gasteiger partial charge in [0.05, 0.1) is 0 Å². The van der Waals surface area contributed by atoms with Crippen LogP contribution in [0.15, 0.2) is 24.3 Å². The summed E-state index contributed by atoms with van der Waals surface area (Å²) in [5, 5.41) is 3.07. The van der Waals surface area contributed by atoms with E-state index < -0.39 is 11.8 Å². The first-order chi connectivity index (χ1) is 9.05. The van der Waals surface area contributed by atoms with E-state index in [9.17, 15) is 8.78 Å². The van der Waals surface area contributed by atoms with Crippen molar-refractivity contribution < 1.29 is 8.78 Å². The van der Waals surface area contributed by atoms with Gasteiger partial charge in [0.1, 0.15) is 0 Å². The predicted octanol–water partition coefficient (Wildman–Crippen LogP) is 4.29. The van der Waals surface area contributed by atoms with Crippen LogP contribution >= 0.6 is 0 Å². The summed E-state index contributed by atoms with van der Waals surface area (Å²) in [6.45, 7) is 5.51. The number of halogens is 2. The van der Waals surface area contributed by atoms with Gasteiger partial charge in [-0.05, 0) is 37.3 Å². The summed E-state index contributed by atoms with van der Waals surface area (Å²) in [5.74, 6) is -2.86. The molecule has 1 fully saturated rings. The summed E-state index contributed by atoms with van der Waals surface area (Å²) in [6.07, 6.45) is 2.47. The lowest BCUT2D eigenvalue weighted by Gasteiger charge is -2.31. The van der Waals surface area contributed by atoms with Gasteiger partial charge in [-0.2, -0.15) is 0 Å². The number of hydrogen-bond donors (Lipinski definition) is 1. The molecule has 0 aromatic heterocycles. The lowest BCUT2D eigenvalue weighted by atomic mass is 9.87. The maximum absolute atomic E-state index is 14.4. The van der Waals surface area contributed by atoms with Gasteiger partial charge in [-0.1, -0.05) is 38.1 Å². The van der Waals surface area contributed by atoms with Crippen molar-refractivity contribution in [1.29, 1.82) is 0 Å². The van der Waals surface area contributed by atoms with E-state index in [0.717, 1.165) is 24.9 Å². The summed E-state index contributed by atoms with van der Waals surface area (Å²) < 4.78 is 28.8. The highest BCUT2D eigenvalue weighted by molar-refractivity contribution is 5.28. The van der Waals surface area contributed by atoms with Crippen LogP contribution in [0.3, 0.4) is 0 Å². The van der Waals surface area contributed by atoms with E-state index in [1.165, 1.54) is 0 Å². The number of benzene rings is 1. The molecule has 0 saturated carbocycles. The molecule has 1 aliphatic heterocycles. The summed E-state index contributed by atoms with van der Waals surface area (Å²) in [5.41, 5.74) is 1.30. The van der Waals surface area contributed by atoms with Gasteiger partial charge in [0.15, 0.2) is 0 Å². The molecule has 1 N–H and O–H groups in total. The Morgan fingerprint density at radius 2 is 2.00 bits per heavy atom. The van der Waals surface area contributed by atoms with Crippen LogP contribution in [-0.4, -0.2) is 13.1 Å². The molecule has 1 aliphatic rings. The van der Waals surface area contributed by atoms with Gasteiger partial charge >= 0.3 is 0 Å². The molecular weight excluding hydrogens is 244 g/mol. The Hall–Kier alpha value is -0.960. The van der Waals surface area contributed by atoms with E-state index in [1.54, 1.807) is 12.1 Å². The Bertz CT molecular complexity index is 394. The topological polar surface area (TPSA) is 12.0 Å². The molecule has 0 spiro atoms. The maximum atomic E-state index is 14.4. The zero-order valence-electron chi connectivity index (χ0n) is 11.8. The first-order valence-electron chi connectivity index (χ1n) is 7.24. The maximum Gasteiger partial charge on any atom is 0.277 e. The van der Waals surface area contributed by atoms with E-state index in [0.29, 0.717) is 18.9 Å². The number of hydrogen-bond acceptors (Lipinski definition) is 1. The van der Waals surface area contributed by atoms with Gasteiger partial charge in [0, 0.05) is 18.0 Å². The van der Waals surface area contributed by atoms with Crippen LogP contribution in [-0.2, 0) is 5.92 Å². The average Bonchev–Trinajstić information content (AvgIpc) is 2.47. The Labute approximate surface area is 114 Å². The molecule has 106 valence electrons. The third kappa shape index (κ3) is 3.14. The largest absolute Gasteiger partial charge is 0.316 e. The predicted molar refractivity (Wildman–Crippen MR) is 74.6 cm³/mol. The number of rotatable bonds is 4. The highest BCUT2D eigenvalue weighted by atomic mass is 19.3. The van der Waals surface area contributed by atoms with Crippen molar-refractivity contribution in [3.8, 4) is 0 Å². The van der Waals surface area contributed by atoms with Crippen LogP contribution in [0.4, 0.5) is 8.78 Å². The third-order valence-corrected chi connectivity index (χ3v) is 4.29. The van der Waals surface area contributed by atoms with Gasteiger partial charge in [-0.3, -0.25) is 0 Å². The van der Waals surface area contributed by atoms with Gasteiger partial charge in [-0.15, -0.1) is 0 Å². The lowest BCUT2D eigenvalue weighted by molar-refractivity contribution is -0.0724. The van der Waals surface area contributed by atoms with E-state index in [-0.39, 0.29) is 5.56 Å². The van der Waals surface area contributed by atoms with Crippen LogP contribution in [0.5, 0.6) is 0 Å². The molecule has 3 heteroatoms. The lowest BCUT2D eigenvalue weighted by Crippen LogP contribution is -2.39. The van der Waals surface area contributed by atoms with Crippen LogP contribution in [0.2, 0.25) is 0 Å². The van der Waals surface area contributed by atoms with E-state index >= 15 is 0 Å². The fourth-order valence-corrected chi connectivity index (χ4v) is 2.67. The summed E-state index contributed by atoms with van der Waals surface area (Å²) in [6, 6.07) is 6.92. The van der Waals surface area contributed by atoms with Crippen molar-refractivity contribution in [2.45, 2.75) is 45.0 Å². The normalized spacial score (nSPS) is 22.2. The molecule has 0 aliphatic carbocycles. The van der Waals surface area contributed by atoms with Crippen LogP contribution < -0.4 is 5.32 Å². The van der Waals surface area contributed by atoms with E-state index in [4.69, 9.17) is 0 Å². The minimum absolute atomic E-state index is 0.160. The second-order valence-corrected chi connectivity index (χ2v) is 5.60. The molecule has 1 aromatic carbocycles. The van der Waals surface area contributed by atoms with Crippen LogP contribution in [0.1, 0.15) is 50.2 Å². The molecule has 2 unspecified atom stereocenters. The zero-order chi connectivity index (χ0) is 13.9. The quantitative estimate of drug-likeness (QED) is 0.858. The highest BCUT2D eigenvalue weighted by Gasteiger charge is 2.41. The second kappa shape index (κ2) is 6.00. The standard InChI is InChI=1S/C16H23F2N/c1-3-12(2)13-6-8-14(9-7-13)16(17,18)15-5-4-10-19-11-15/h6-9,12,15,19H,3-5,10-11H2,1-2H3. The Morgan fingerprint density at radius 3 is 2.53 bits per heavy atom. The van der Waals surface area contributed by atoms with Gasteiger partial charge in [0.25, 0.3) is 5.92 Å². The molecular formula is C16H23F2N. The zero-order valence-corrected chi connectivity index (χ0v) is 11.8. The van der Waals surface area contributed by atoms with E-state index in [1.807, 2.05) is 12.1 Å². The van der Waals surface area contributed by atoms with E-state index in [2.05, 4.69) is 19.2 Å². The molecule has 19 heavy (non-hydrogen) atoms. The smallest absolute Gasteiger partial charge is 0.277 e. The fraction of sp³-hybridized carbons (Fsp3) is 0.625. The van der Waals surface area contributed by atoms with Crippen molar-refractivity contribution in [3.05, 3.63) is 35.4 Å². The number of piperidine rings is 1. The third-order valence-electron chi connectivity index (χ3n) is 4.29. The van der Waals surface area contributed by atoms with Crippen molar-refractivity contribution in [2.75, 3.05) is 13.1 Å². The first kappa shape index (κ1) is 14.4. The number of nitrogens with one attached hydrogen (secondary N) is 1. The molecule has 2 rings (SSSR count). The first-order valence-corrected chi connectivity index (χ1v) is 7.24. The van der Waals surface area contributed by atoms with Crippen LogP contribution in [0, 0.1) is 5.92 Å². The van der Waals surface area contributed by atoms with Gasteiger partial charge in [-0.25, -0.2) is 8.78 Å².